The van der Waals surface area contributed by atoms with Gasteiger partial charge in [-0.25, -0.2) is 0 Å². The number of aliphatic hydroxyl groups is 1. The van der Waals surface area contributed by atoms with Crippen LogP contribution in [0.5, 0.6) is 0 Å². The number of carbonyl (C=O) groups is 1. The number of amides is 1. The van der Waals surface area contributed by atoms with Gasteiger partial charge in [-0.2, -0.15) is 0 Å². The average molecular weight is 267 g/mol. The van der Waals surface area contributed by atoms with Crippen LogP contribution in [-0.4, -0.2) is 35.9 Å². The summed E-state index contributed by atoms with van der Waals surface area (Å²) in [6, 6.07) is 1.60. The lowest BCUT2D eigenvalue weighted by Crippen LogP contribution is -2.74. The van der Waals surface area contributed by atoms with Crippen LogP contribution in [-0.2, 0) is 4.74 Å². The fraction of sp³-hybridized carbons (Fsp3) is 0.643. The molecule has 2 rings (SSSR count). The zero-order valence-corrected chi connectivity index (χ0v) is 11.6. The van der Waals surface area contributed by atoms with E-state index in [9.17, 15) is 9.90 Å². The van der Waals surface area contributed by atoms with Crippen molar-refractivity contribution < 1.29 is 19.1 Å². The Morgan fingerprint density at radius 1 is 1.63 bits per heavy atom. The third-order valence-corrected chi connectivity index (χ3v) is 4.35. The van der Waals surface area contributed by atoms with Gasteiger partial charge in [0.1, 0.15) is 6.26 Å². The molecule has 1 fully saturated rings. The molecule has 0 unspecified atom stereocenters. The second-order valence-electron chi connectivity index (χ2n) is 5.58. The summed E-state index contributed by atoms with van der Waals surface area (Å²) < 4.78 is 10.5. The molecule has 1 aromatic rings. The molecule has 19 heavy (non-hydrogen) atoms. The van der Waals surface area contributed by atoms with E-state index in [1.807, 2.05) is 20.8 Å². The Morgan fingerprint density at radius 2 is 2.37 bits per heavy atom. The number of aliphatic hydroxyl groups excluding tert-OH is 1. The van der Waals surface area contributed by atoms with Crippen LogP contribution in [0.1, 0.15) is 37.6 Å². The van der Waals surface area contributed by atoms with Crippen LogP contribution in [0.2, 0.25) is 0 Å². The molecule has 106 valence electrons. The van der Waals surface area contributed by atoms with E-state index in [0.29, 0.717) is 18.6 Å². The van der Waals surface area contributed by atoms with Crippen LogP contribution in [0.3, 0.4) is 0 Å². The first-order chi connectivity index (χ1) is 8.97. The zero-order chi connectivity index (χ0) is 14.1. The molecule has 5 heteroatoms. The second-order valence-corrected chi connectivity index (χ2v) is 5.58. The molecule has 0 aliphatic heterocycles. The molecule has 0 bridgehead atoms. The van der Waals surface area contributed by atoms with Crippen LogP contribution in [0.15, 0.2) is 23.0 Å². The molecular weight excluding hydrogens is 246 g/mol. The monoisotopic (exact) mass is 267 g/mol. The van der Waals surface area contributed by atoms with Gasteiger partial charge in [0.15, 0.2) is 0 Å². The number of hydrogen-bond donors (Lipinski definition) is 2. The largest absolute Gasteiger partial charge is 0.472 e. The number of furan rings is 1. The fourth-order valence-corrected chi connectivity index (χ4v) is 2.68. The van der Waals surface area contributed by atoms with E-state index < -0.39 is 5.54 Å². The van der Waals surface area contributed by atoms with Crippen LogP contribution < -0.4 is 5.32 Å². The van der Waals surface area contributed by atoms with Crippen LogP contribution in [0.25, 0.3) is 0 Å². The highest BCUT2D eigenvalue weighted by molar-refractivity contribution is 5.94. The zero-order valence-electron chi connectivity index (χ0n) is 11.6. The number of nitrogens with one attached hydrogen (secondary N) is 1. The van der Waals surface area contributed by atoms with Gasteiger partial charge in [0.2, 0.25) is 0 Å². The Morgan fingerprint density at radius 3 is 2.84 bits per heavy atom. The summed E-state index contributed by atoms with van der Waals surface area (Å²) in [5, 5.41) is 12.6. The minimum atomic E-state index is -0.638. The van der Waals surface area contributed by atoms with Crippen molar-refractivity contribution in [3.05, 3.63) is 24.2 Å². The molecule has 1 aromatic heterocycles. The molecule has 0 spiro atoms. The molecule has 1 aliphatic carbocycles. The number of ether oxygens (including phenoxy) is 1. The first-order valence-corrected chi connectivity index (χ1v) is 6.54. The quantitative estimate of drug-likeness (QED) is 0.849. The molecule has 0 aromatic carbocycles. The third kappa shape index (κ3) is 2.17. The maximum atomic E-state index is 12.1. The van der Waals surface area contributed by atoms with Crippen LogP contribution in [0.4, 0.5) is 0 Å². The van der Waals surface area contributed by atoms with Gasteiger partial charge in [-0.1, -0.05) is 13.8 Å². The second kappa shape index (κ2) is 4.98. The Balaban J connectivity index is 2.11. The standard InChI is InChI=1S/C14H21NO4/c1-4-19-11-7-14(9-16,13(11,2)3)15-12(17)10-5-6-18-8-10/h5-6,8,11,16H,4,7,9H2,1-3H3,(H,15,17)/t11-,14+/m1/s1. The summed E-state index contributed by atoms with van der Waals surface area (Å²) >= 11 is 0. The lowest BCUT2D eigenvalue weighted by atomic mass is 9.54. The van der Waals surface area contributed by atoms with Gasteiger partial charge in [0, 0.05) is 18.4 Å². The Bertz CT molecular complexity index is 440. The summed E-state index contributed by atoms with van der Waals surface area (Å²) in [7, 11) is 0. The summed E-state index contributed by atoms with van der Waals surface area (Å²) in [5.41, 5.74) is -0.485. The molecule has 1 heterocycles. The van der Waals surface area contributed by atoms with Gasteiger partial charge in [0.05, 0.1) is 30.1 Å². The summed E-state index contributed by atoms with van der Waals surface area (Å²) in [6.07, 6.45) is 3.52. The van der Waals surface area contributed by atoms with E-state index in [4.69, 9.17) is 9.15 Å². The van der Waals surface area contributed by atoms with Crippen LogP contribution >= 0.6 is 0 Å². The van der Waals surface area contributed by atoms with Crippen molar-refractivity contribution in [1.82, 2.24) is 5.32 Å². The van der Waals surface area contributed by atoms with Crippen molar-refractivity contribution in [3.63, 3.8) is 0 Å². The molecule has 5 nitrogen and oxygen atoms in total. The van der Waals surface area contributed by atoms with E-state index in [-0.39, 0.29) is 24.0 Å². The van der Waals surface area contributed by atoms with E-state index in [2.05, 4.69) is 5.32 Å². The minimum absolute atomic E-state index is 0.0503. The molecule has 1 saturated carbocycles. The molecule has 0 saturated heterocycles. The van der Waals surface area contributed by atoms with Crippen molar-refractivity contribution in [2.75, 3.05) is 13.2 Å². The Labute approximate surface area is 112 Å². The van der Waals surface area contributed by atoms with Gasteiger partial charge < -0.3 is 19.6 Å². The fourth-order valence-electron chi connectivity index (χ4n) is 2.68. The summed E-state index contributed by atoms with van der Waals surface area (Å²) in [5.74, 6) is -0.231. The summed E-state index contributed by atoms with van der Waals surface area (Å²) in [4.78, 5) is 12.1. The first-order valence-electron chi connectivity index (χ1n) is 6.54. The normalized spacial score (nSPS) is 28.7. The van der Waals surface area contributed by atoms with Gasteiger partial charge in [-0.3, -0.25) is 4.79 Å². The molecular formula is C14H21NO4. The van der Waals surface area contributed by atoms with Crippen molar-refractivity contribution in [2.24, 2.45) is 5.41 Å². The highest BCUT2D eigenvalue weighted by Crippen LogP contribution is 2.51. The van der Waals surface area contributed by atoms with Crippen molar-refractivity contribution in [3.8, 4) is 0 Å². The van der Waals surface area contributed by atoms with Gasteiger partial charge in [-0.15, -0.1) is 0 Å². The van der Waals surface area contributed by atoms with E-state index >= 15 is 0 Å². The van der Waals surface area contributed by atoms with Crippen molar-refractivity contribution in [2.45, 2.75) is 38.8 Å². The topological polar surface area (TPSA) is 71.7 Å². The van der Waals surface area contributed by atoms with E-state index in [1.54, 1.807) is 6.07 Å². The highest BCUT2D eigenvalue weighted by atomic mass is 16.5. The predicted octanol–water partition coefficient (Wildman–Crippen LogP) is 1.58. The lowest BCUT2D eigenvalue weighted by Gasteiger charge is -2.60. The Kier molecular flexibility index (Phi) is 3.69. The van der Waals surface area contributed by atoms with Crippen molar-refractivity contribution in [1.29, 1.82) is 0 Å². The molecule has 1 amide bonds. The smallest absolute Gasteiger partial charge is 0.255 e. The first kappa shape index (κ1) is 14.1. The van der Waals surface area contributed by atoms with E-state index in [1.165, 1.54) is 12.5 Å². The lowest BCUT2D eigenvalue weighted by molar-refractivity contribution is -0.172. The van der Waals surface area contributed by atoms with E-state index in [0.717, 1.165) is 0 Å². The SMILES string of the molecule is CCO[C@@H]1C[C@@](CO)(NC(=O)c2ccoc2)C1(C)C. The van der Waals surface area contributed by atoms with Crippen LogP contribution in [0, 0.1) is 5.41 Å². The summed E-state index contributed by atoms with van der Waals surface area (Å²) in [6.45, 7) is 6.48. The average Bonchev–Trinajstić information content (AvgIpc) is 2.90. The maximum absolute atomic E-state index is 12.1. The third-order valence-electron chi connectivity index (χ3n) is 4.35. The highest BCUT2D eigenvalue weighted by Gasteiger charge is 2.61. The molecule has 1 aliphatic rings. The van der Waals surface area contributed by atoms with Gasteiger partial charge >= 0.3 is 0 Å². The molecule has 2 atom stereocenters. The van der Waals surface area contributed by atoms with Crippen molar-refractivity contribution >= 4 is 5.91 Å². The molecule has 0 radical (unpaired) electrons. The Hall–Kier alpha value is -1.33. The maximum Gasteiger partial charge on any atom is 0.255 e. The van der Waals surface area contributed by atoms with Gasteiger partial charge in [-0.05, 0) is 13.0 Å². The number of rotatable bonds is 5. The predicted molar refractivity (Wildman–Crippen MR) is 69.8 cm³/mol. The molecule has 2 N–H and O–H groups in total. The van der Waals surface area contributed by atoms with Gasteiger partial charge in [0.25, 0.3) is 5.91 Å². The number of carbonyl (C=O) groups excluding carboxylic acids is 1. The minimum Gasteiger partial charge on any atom is -0.472 e. The number of hydrogen-bond acceptors (Lipinski definition) is 4.